The van der Waals surface area contributed by atoms with Gasteiger partial charge in [0, 0.05) is 38.8 Å². The Kier molecular flexibility index (Phi) is 5.10. The van der Waals surface area contributed by atoms with Crippen molar-refractivity contribution >= 4 is 23.5 Å². The second kappa shape index (κ2) is 7.24. The van der Waals surface area contributed by atoms with Gasteiger partial charge < -0.3 is 10.1 Å². The summed E-state index contributed by atoms with van der Waals surface area (Å²) in [4.78, 5) is 28.5. The summed E-state index contributed by atoms with van der Waals surface area (Å²) in [5.41, 5.74) is 0.969. The Morgan fingerprint density at radius 3 is 3.05 bits per heavy atom. The molecule has 5 nitrogen and oxygen atoms in total. The number of nitrogens with one attached hydrogen (secondary N) is 1. The molecule has 1 unspecified atom stereocenters. The highest BCUT2D eigenvalue weighted by molar-refractivity contribution is 8.00. The first kappa shape index (κ1) is 15.5. The van der Waals surface area contributed by atoms with Crippen LogP contribution in [0.3, 0.4) is 0 Å². The number of carbonyl (C=O) groups is 2. The molecule has 3 rings (SSSR count). The molecule has 1 N–H and O–H groups in total. The maximum atomic E-state index is 12.2. The first-order valence-electron chi connectivity index (χ1n) is 7.70. The van der Waals surface area contributed by atoms with Gasteiger partial charge in [-0.15, -0.1) is 0 Å². The van der Waals surface area contributed by atoms with Crippen LogP contribution >= 0.6 is 11.8 Å². The lowest BCUT2D eigenvalue weighted by Crippen LogP contribution is -2.36. The molecule has 6 heteroatoms. The minimum absolute atomic E-state index is 0.0447. The molecule has 0 radical (unpaired) electrons. The number of Topliss-reactive ketones (excluding diaryl/α,β-unsaturated/α-hetero) is 1. The molecule has 3 heterocycles. The molecule has 1 fully saturated rings. The molecule has 0 bridgehead atoms. The largest absolute Gasteiger partial charge is 0.381 e. The Hall–Kier alpha value is -1.40. The monoisotopic (exact) mass is 320 g/mol. The maximum absolute atomic E-state index is 12.2. The summed E-state index contributed by atoms with van der Waals surface area (Å²) in [6.45, 7) is 2.24. The zero-order valence-corrected chi connectivity index (χ0v) is 13.2. The average molecular weight is 320 g/mol. The van der Waals surface area contributed by atoms with Gasteiger partial charge in [0.15, 0.2) is 5.78 Å². The van der Waals surface area contributed by atoms with Gasteiger partial charge >= 0.3 is 0 Å². The Morgan fingerprint density at radius 1 is 1.41 bits per heavy atom. The standard InChI is InChI=1S/C16H20N2O3S/c19-13-8-12-2-1-5-17-16(12)22-14(13)9-15(20)18-10-11-3-6-21-7-4-11/h1-2,5,11,14H,3-4,6-10H2,(H,18,20). The third kappa shape index (κ3) is 3.87. The van der Waals surface area contributed by atoms with E-state index in [4.69, 9.17) is 4.74 Å². The molecule has 0 aliphatic carbocycles. The lowest BCUT2D eigenvalue weighted by atomic mass is 10.0. The van der Waals surface area contributed by atoms with Gasteiger partial charge in [-0.3, -0.25) is 9.59 Å². The summed E-state index contributed by atoms with van der Waals surface area (Å²) in [5, 5.41) is 3.53. The van der Waals surface area contributed by atoms with Crippen LogP contribution in [0.1, 0.15) is 24.8 Å². The Morgan fingerprint density at radius 2 is 2.23 bits per heavy atom. The smallest absolute Gasteiger partial charge is 0.221 e. The average Bonchev–Trinajstić information content (AvgIpc) is 2.55. The zero-order chi connectivity index (χ0) is 15.4. The second-order valence-corrected chi connectivity index (χ2v) is 6.97. The number of nitrogens with zero attached hydrogens (tertiary/aromatic N) is 1. The van der Waals surface area contributed by atoms with E-state index in [0.29, 0.717) is 18.9 Å². The highest BCUT2D eigenvalue weighted by Gasteiger charge is 2.29. The number of ketones is 1. The number of ether oxygens (including phenoxy) is 1. The topological polar surface area (TPSA) is 68.3 Å². The zero-order valence-electron chi connectivity index (χ0n) is 12.4. The van der Waals surface area contributed by atoms with Crippen molar-refractivity contribution in [1.82, 2.24) is 10.3 Å². The van der Waals surface area contributed by atoms with Crippen LogP contribution < -0.4 is 5.32 Å². The van der Waals surface area contributed by atoms with Gasteiger partial charge in [0.25, 0.3) is 0 Å². The second-order valence-electron chi connectivity index (χ2n) is 5.78. The molecule has 1 saturated heterocycles. The molecule has 22 heavy (non-hydrogen) atoms. The van der Waals surface area contributed by atoms with E-state index in [1.807, 2.05) is 12.1 Å². The lowest BCUT2D eigenvalue weighted by Gasteiger charge is -2.24. The third-order valence-electron chi connectivity index (χ3n) is 4.13. The van der Waals surface area contributed by atoms with Crippen molar-refractivity contribution < 1.29 is 14.3 Å². The van der Waals surface area contributed by atoms with Crippen molar-refractivity contribution in [1.29, 1.82) is 0 Å². The van der Waals surface area contributed by atoms with Crippen molar-refractivity contribution in [3.8, 4) is 0 Å². The molecule has 1 aromatic rings. The minimum atomic E-state index is -0.308. The number of thioether (sulfide) groups is 1. The van der Waals surface area contributed by atoms with E-state index in [1.54, 1.807) is 6.20 Å². The summed E-state index contributed by atoms with van der Waals surface area (Å²) in [7, 11) is 0. The maximum Gasteiger partial charge on any atom is 0.221 e. The molecule has 0 spiro atoms. The van der Waals surface area contributed by atoms with Crippen LogP contribution in [0.4, 0.5) is 0 Å². The van der Waals surface area contributed by atoms with Gasteiger partial charge in [0.05, 0.1) is 5.25 Å². The molecular weight excluding hydrogens is 300 g/mol. The van der Waals surface area contributed by atoms with Crippen LogP contribution in [0.15, 0.2) is 23.4 Å². The SMILES string of the molecule is O=C(CC1Sc2ncccc2CC1=O)NCC1CCOCC1. The van der Waals surface area contributed by atoms with Gasteiger partial charge in [0.1, 0.15) is 5.03 Å². The normalized spacial score (nSPS) is 22.2. The third-order valence-corrected chi connectivity index (χ3v) is 5.43. The van der Waals surface area contributed by atoms with Crippen molar-refractivity contribution in [3.05, 3.63) is 23.9 Å². The van der Waals surface area contributed by atoms with Crippen molar-refractivity contribution in [2.24, 2.45) is 5.92 Å². The quantitative estimate of drug-likeness (QED) is 0.912. The van der Waals surface area contributed by atoms with E-state index < -0.39 is 0 Å². The van der Waals surface area contributed by atoms with Crippen LogP contribution in [0, 0.1) is 5.92 Å². The van der Waals surface area contributed by atoms with E-state index in [-0.39, 0.29) is 23.4 Å². The Balaban J connectivity index is 1.50. The molecule has 0 saturated carbocycles. The number of hydrogen-bond acceptors (Lipinski definition) is 5. The summed E-state index contributed by atoms with van der Waals surface area (Å²) < 4.78 is 5.31. The fraction of sp³-hybridized carbons (Fsp3) is 0.562. The van der Waals surface area contributed by atoms with Crippen molar-refractivity contribution in [2.75, 3.05) is 19.8 Å². The van der Waals surface area contributed by atoms with Gasteiger partial charge in [-0.2, -0.15) is 0 Å². The molecule has 1 amide bonds. The highest BCUT2D eigenvalue weighted by atomic mass is 32.2. The van der Waals surface area contributed by atoms with E-state index >= 15 is 0 Å². The molecular formula is C16H20N2O3S. The number of carbonyl (C=O) groups excluding carboxylic acids is 2. The summed E-state index contributed by atoms with van der Waals surface area (Å²) in [6, 6.07) is 3.77. The van der Waals surface area contributed by atoms with Crippen molar-refractivity contribution in [2.45, 2.75) is 36.0 Å². The van der Waals surface area contributed by atoms with E-state index in [0.717, 1.165) is 36.6 Å². The summed E-state index contributed by atoms with van der Waals surface area (Å²) >= 11 is 1.41. The van der Waals surface area contributed by atoms with Crippen molar-refractivity contribution in [3.63, 3.8) is 0 Å². The summed E-state index contributed by atoms with van der Waals surface area (Å²) in [6.07, 6.45) is 4.34. The molecule has 2 aliphatic heterocycles. The van der Waals surface area contributed by atoms with Crippen LogP contribution in [0.2, 0.25) is 0 Å². The number of aromatic nitrogens is 1. The van der Waals surface area contributed by atoms with Gasteiger partial charge in [0.2, 0.25) is 5.91 Å². The van der Waals surface area contributed by atoms with Gasteiger partial charge in [-0.1, -0.05) is 17.8 Å². The minimum Gasteiger partial charge on any atom is -0.381 e. The number of amides is 1. The molecule has 1 atom stereocenters. The van der Waals surface area contributed by atoms with Crippen LogP contribution in [-0.2, 0) is 20.7 Å². The summed E-state index contributed by atoms with van der Waals surface area (Å²) in [5.74, 6) is 0.568. The van der Waals surface area contributed by atoms with Gasteiger partial charge in [-0.25, -0.2) is 4.98 Å². The fourth-order valence-electron chi connectivity index (χ4n) is 2.77. The number of rotatable bonds is 4. The van der Waals surface area contributed by atoms with E-state index in [9.17, 15) is 9.59 Å². The fourth-order valence-corrected chi connectivity index (χ4v) is 3.90. The number of pyridine rings is 1. The predicted octanol–water partition coefficient (Wildman–Crippen LogP) is 1.60. The number of hydrogen-bond donors (Lipinski definition) is 1. The molecule has 0 aromatic carbocycles. The highest BCUT2D eigenvalue weighted by Crippen LogP contribution is 2.33. The van der Waals surface area contributed by atoms with E-state index in [1.165, 1.54) is 11.8 Å². The molecule has 118 valence electrons. The number of fused-ring (bicyclic) bond motifs is 1. The first-order chi connectivity index (χ1) is 10.7. The lowest BCUT2D eigenvalue weighted by molar-refractivity contribution is -0.125. The van der Waals surface area contributed by atoms with Gasteiger partial charge in [-0.05, 0) is 30.4 Å². The van der Waals surface area contributed by atoms with Crippen LogP contribution in [-0.4, -0.2) is 41.7 Å². The van der Waals surface area contributed by atoms with E-state index in [2.05, 4.69) is 10.3 Å². The molecule has 2 aliphatic rings. The predicted molar refractivity (Wildman–Crippen MR) is 83.8 cm³/mol. The van der Waals surface area contributed by atoms with Crippen LogP contribution in [0.25, 0.3) is 0 Å². The molecule has 1 aromatic heterocycles. The first-order valence-corrected chi connectivity index (χ1v) is 8.58. The Labute approximate surface area is 134 Å². The van der Waals surface area contributed by atoms with Crippen LogP contribution in [0.5, 0.6) is 0 Å². The Bertz CT molecular complexity index is 558.